The van der Waals surface area contributed by atoms with Crippen LogP contribution in [0.1, 0.15) is 28.2 Å². The van der Waals surface area contributed by atoms with Gasteiger partial charge < -0.3 is 19.9 Å². The van der Waals surface area contributed by atoms with E-state index in [2.05, 4.69) is 20.2 Å². The lowest BCUT2D eigenvalue weighted by molar-refractivity contribution is -0.192. The zero-order chi connectivity index (χ0) is 29.9. The number of alkyl halides is 6. The molecule has 2 N–H and O–H groups in total. The number of carbonyl (C=O) groups is 2. The molecular formula is C26H20ClF6N5O3. The standard InChI is InChI=1S/C24H19ClF3N5O.C2HF3O2/c25-17-4-1-3-15(11-17)14-33-19(12-16-5-7-20(24(26,27)28)31-22(16)33)23(34)30-18-6-8-21(29-13-18)32-9-2-10-32;3-2(4,5)1(6)7/h1,3-8,11-13H,2,9-10,14H2,(H,30,34);(H,6,7). The summed E-state index contributed by atoms with van der Waals surface area (Å²) in [5.41, 5.74) is 0.416. The van der Waals surface area contributed by atoms with Crippen LogP contribution in [0.5, 0.6) is 0 Å². The number of benzene rings is 1. The van der Waals surface area contributed by atoms with Crippen molar-refractivity contribution in [2.45, 2.75) is 25.3 Å². The molecular weight excluding hydrogens is 580 g/mol. The highest BCUT2D eigenvalue weighted by molar-refractivity contribution is 6.30. The van der Waals surface area contributed by atoms with Gasteiger partial charge in [-0.25, -0.2) is 14.8 Å². The van der Waals surface area contributed by atoms with Gasteiger partial charge in [-0.3, -0.25) is 4.79 Å². The van der Waals surface area contributed by atoms with E-state index in [-0.39, 0.29) is 17.9 Å². The molecule has 15 heteroatoms. The molecule has 4 heterocycles. The Hall–Kier alpha value is -4.33. The number of anilines is 2. The van der Waals surface area contributed by atoms with Crippen molar-refractivity contribution >= 4 is 46.0 Å². The molecule has 0 atom stereocenters. The summed E-state index contributed by atoms with van der Waals surface area (Å²) in [7, 11) is 0. The van der Waals surface area contributed by atoms with E-state index in [1.807, 2.05) is 6.07 Å². The van der Waals surface area contributed by atoms with Gasteiger partial charge in [-0.15, -0.1) is 0 Å². The van der Waals surface area contributed by atoms with Gasteiger partial charge in [-0.2, -0.15) is 26.3 Å². The number of amides is 1. The minimum Gasteiger partial charge on any atom is -0.475 e. The predicted octanol–water partition coefficient (Wildman–Crippen LogP) is 6.25. The lowest BCUT2D eigenvalue weighted by Crippen LogP contribution is -2.37. The smallest absolute Gasteiger partial charge is 0.475 e. The van der Waals surface area contributed by atoms with Gasteiger partial charge in [-0.1, -0.05) is 23.7 Å². The van der Waals surface area contributed by atoms with E-state index in [9.17, 15) is 31.1 Å². The first kappa shape index (κ1) is 29.6. The molecule has 1 fully saturated rings. The summed E-state index contributed by atoms with van der Waals surface area (Å²) < 4.78 is 73.2. The molecule has 3 aromatic heterocycles. The van der Waals surface area contributed by atoms with Crippen molar-refractivity contribution in [2.24, 2.45) is 0 Å². The Labute approximate surface area is 233 Å². The Morgan fingerprint density at radius 1 is 1.00 bits per heavy atom. The zero-order valence-electron chi connectivity index (χ0n) is 20.8. The topological polar surface area (TPSA) is 100 Å². The lowest BCUT2D eigenvalue weighted by atomic mass is 10.2. The first-order chi connectivity index (χ1) is 19.2. The van der Waals surface area contributed by atoms with Gasteiger partial charge in [0.15, 0.2) is 0 Å². The number of halogens is 7. The molecule has 0 spiro atoms. The highest BCUT2D eigenvalue weighted by Crippen LogP contribution is 2.31. The molecule has 1 saturated heterocycles. The van der Waals surface area contributed by atoms with Gasteiger partial charge in [0.2, 0.25) is 0 Å². The number of hydrogen-bond donors (Lipinski definition) is 2. The summed E-state index contributed by atoms with van der Waals surface area (Å²) in [6, 6.07) is 14.3. The van der Waals surface area contributed by atoms with Crippen molar-refractivity contribution in [3.05, 3.63) is 82.8 Å². The van der Waals surface area contributed by atoms with Crippen LogP contribution in [-0.4, -0.2) is 50.8 Å². The third kappa shape index (κ3) is 7.25. The van der Waals surface area contributed by atoms with Crippen molar-refractivity contribution in [1.29, 1.82) is 0 Å². The van der Waals surface area contributed by atoms with Crippen LogP contribution in [-0.2, 0) is 17.5 Å². The summed E-state index contributed by atoms with van der Waals surface area (Å²) in [6.07, 6.45) is -7.00. The van der Waals surface area contributed by atoms with E-state index >= 15 is 0 Å². The molecule has 8 nitrogen and oxygen atoms in total. The molecule has 1 aliphatic heterocycles. The van der Waals surface area contributed by atoms with Crippen LogP contribution < -0.4 is 10.2 Å². The van der Waals surface area contributed by atoms with Gasteiger partial charge in [0.1, 0.15) is 22.9 Å². The van der Waals surface area contributed by atoms with Gasteiger partial charge in [0.05, 0.1) is 11.9 Å². The number of nitrogens with one attached hydrogen (secondary N) is 1. The molecule has 0 radical (unpaired) electrons. The number of hydrogen-bond acceptors (Lipinski definition) is 5. The Morgan fingerprint density at radius 3 is 2.24 bits per heavy atom. The number of carbonyl (C=O) groups excluding carboxylic acids is 1. The van der Waals surface area contributed by atoms with Crippen LogP contribution >= 0.6 is 11.6 Å². The van der Waals surface area contributed by atoms with E-state index < -0.39 is 29.9 Å². The van der Waals surface area contributed by atoms with E-state index in [4.69, 9.17) is 21.5 Å². The van der Waals surface area contributed by atoms with Crippen LogP contribution in [0.2, 0.25) is 5.02 Å². The number of rotatable bonds is 5. The zero-order valence-corrected chi connectivity index (χ0v) is 21.6. The summed E-state index contributed by atoms with van der Waals surface area (Å²) in [5, 5.41) is 10.8. The van der Waals surface area contributed by atoms with E-state index in [1.165, 1.54) is 16.7 Å². The molecule has 0 bridgehead atoms. The quantitative estimate of drug-likeness (QED) is 0.263. The van der Waals surface area contributed by atoms with Gasteiger partial charge in [-0.05, 0) is 54.4 Å². The molecule has 216 valence electrons. The lowest BCUT2D eigenvalue weighted by Gasteiger charge is -2.31. The molecule has 1 amide bonds. The fourth-order valence-corrected chi connectivity index (χ4v) is 4.05. The number of pyridine rings is 2. The molecule has 1 aliphatic rings. The van der Waals surface area contributed by atoms with Crippen molar-refractivity contribution in [3.63, 3.8) is 0 Å². The maximum Gasteiger partial charge on any atom is 0.490 e. The van der Waals surface area contributed by atoms with Crippen LogP contribution in [0.4, 0.5) is 37.8 Å². The average Bonchev–Trinajstić information content (AvgIpc) is 3.21. The van der Waals surface area contributed by atoms with Gasteiger partial charge in [0.25, 0.3) is 5.91 Å². The Balaban J connectivity index is 0.000000493. The third-order valence-corrected chi connectivity index (χ3v) is 6.16. The number of aromatic nitrogens is 3. The summed E-state index contributed by atoms with van der Waals surface area (Å²) in [6.45, 7) is 2.03. The molecule has 0 aliphatic carbocycles. The van der Waals surface area contributed by atoms with Crippen LogP contribution in [0.3, 0.4) is 0 Å². The Bertz CT molecular complexity index is 1570. The van der Waals surface area contributed by atoms with E-state index in [0.29, 0.717) is 16.1 Å². The molecule has 4 aromatic rings. The third-order valence-electron chi connectivity index (χ3n) is 5.93. The second-order valence-electron chi connectivity index (χ2n) is 8.86. The maximum atomic E-state index is 13.3. The number of carboxylic acid groups (broad SMARTS) is 1. The fourth-order valence-electron chi connectivity index (χ4n) is 3.84. The van der Waals surface area contributed by atoms with Crippen molar-refractivity contribution in [1.82, 2.24) is 14.5 Å². The van der Waals surface area contributed by atoms with Crippen molar-refractivity contribution < 1.29 is 41.0 Å². The number of carboxylic acids is 1. The molecule has 1 aromatic carbocycles. The SMILES string of the molecule is O=C(Nc1ccc(N2CCC2)nc1)c1cc2ccc(C(F)(F)F)nc2n1Cc1cccc(Cl)c1.O=C(O)C(F)(F)F. The average molecular weight is 600 g/mol. The van der Waals surface area contributed by atoms with Crippen molar-refractivity contribution in [2.75, 3.05) is 23.3 Å². The van der Waals surface area contributed by atoms with Crippen LogP contribution in [0.25, 0.3) is 11.0 Å². The number of fused-ring (bicyclic) bond motifs is 1. The Kier molecular flexibility index (Phi) is 8.42. The fraction of sp³-hybridized carbons (Fsp3) is 0.231. The minimum atomic E-state index is -5.08. The largest absolute Gasteiger partial charge is 0.490 e. The van der Waals surface area contributed by atoms with E-state index in [1.54, 1.807) is 36.5 Å². The van der Waals surface area contributed by atoms with Gasteiger partial charge in [0, 0.05) is 30.0 Å². The maximum absolute atomic E-state index is 13.3. The normalized spacial score (nSPS) is 13.3. The van der Waals surface area contributed by atoms with E-state index in [0.717, 1.165) is 37.0 Å². The highest BCUT2D eigenvalue weighted by Gasteiger charge is 2.38. The first-order valence-corrected chi connectivity index (χ1v) is 12.2. The molecule has 5 rings (SSSR count). The van der Waals surface area contributed by atoms with Crippen LogP contribution in [0.15, 0.2) is 60.8 Å². The van der Waals surface area contributed by atoms with Crippen molar-refractivity contribution in [3.8, 4) is 0 Å². The number of nitrogens with zero attached hydrogens (tertiary/aromatic N) is 4. The molecule has 0 saturated carbocycles. The second kappa shape index (κ2) is 11.6. The number of aliphatic carboxylic acids is 1. The molecule has 0 unspecified atom stereocenters. The summed E-state index contributed by atoms with van der Waals surface area (Å²) in [5.74, 6) is -2.40. The minimum absolute atomic E-state index is 0.0613. The van der Waals surface area contributed by atoms with Gasteiger partial charge >= 0.3 is 18.3 Å². The summed E-state index contributed by atoms with van der Waals surface area (Å²) >= 11 is 6.08. The first-order valence-electron chi connectivity index (χ1n) is 11.9. The highest BCUT2D eigenvalue weighted by atomic mass is 35.5. The monoisotopic (exact) mass is 599 g/mol. The van der Waals surface area contributed by atoms with Crippen LogP contribution in [0, 0.1) is 0 Å². The predicted molar refractivity (Wildman–Crippen MR) is 138 cm³/mol. The Morgan fingerprint density at radius 2 is 1.71 bits per heavy atom. The summed E-state index contributed by atoms with van der Waals surface area (Å²) in [4.78, 5) is 32.4. The molecule has 41 heavy (non-hydrogen) atoms. The second-order valence-corrected chi connectivity index (χ2v) is 9.29.